The molecule has 1 heterocycles. The summed E-state index contributed by atoms with van der Waals surface area (Å²) in [7, 11) is -3.22. The van der Waals surface area contributed by atoms with Crippen molar-refractivity contribution < 1.29 is 13.2 Å². The quantitative estimate of drug-likeness (QED) is 0.733. The first kappa shape index (κ1) is 16.4. The first-order chi connectivity index (χ1) is 10.2. The van der Waals surface area contributed by atoms with Gasteiger partial charge in [0.1, 0.15) is 0 Å². The van der Waals surface area contributed by atoms with Gasteiger partial charge >= 0.3 is 0 Å². The van der Waals surface area contributed by atoms with E-state index in [1.807, 2.05) is 30.3 Å². The Balaban J connectivity index is 1.61. The number of rotatable bonds is 8. The molecule has 1 N–H and O–H groups in total. The highest BCUT2D eigenvalue weighted by Crippen LogP contribution is 2.04. The first-order valence-electron chi connectivity index (χ1n) is 7.47. The molecule has 0 amide bonds. The molecule has 1 aliphatic heterocycles. The van der Waals surface area contributed by atoms with Gasteiger partial charge in [-0.25, -0.2) is 13.1 Å². The number of benzene rings is 1. The van der Waals surface area contributed by atoms with E-state index >= 15 is 0 Å². The second kappa shape index (κ2) is 8.48. The van der Waals surface area contributed by atoms with E-state index < -0.39 is 10.0 Å². The van der Waals surface area contributed by atoms with E-state index in [1.54, 1.807) is 0 Å². The van der Waals surface area contributed by atoms with Crippen LogP contribution in [0.2, 0.25) is 0 Å². The van der Waals surface area contributed by atoms with Crippen molar-refractivity contribution in [1.82, 2.24) is 9.62 Å². The molecule has 6 heteroatoms. The van der Waals surface area contributed by atoms with Crippen molar-refractivity contribution in [1.29, 1.82) is 0 Å². The van der Waals surface area contributed by atoms with Gasteiger partial charge in [0.2, 0.25) is 10.0 Å². The lowest BCUT2D eigenvalue weighted by Crippen LogP contribution is -2.37. The first-order valence-corrected chi connectivity index (χ1v) is 9.12. The van der Waals surface area contributed by atoms with Crippen LogP contribution in [0.3, 0.4) is 0 Å². The molecule has 1 aliphatic rings. The van der Waals surface area contributed by atoms with Gasteiger partial charge in [-0.05, 0) is 24.9 Å². The fourth-order valence-corrected chi connectivity index (χ4v) is 3.55. The molecule has 5 nitrogen and oxygen atoms in total. The summed E-state index contributed by atoms with van der Waals surface area (Å²) in [6.45, 7) is 5.12. The SMILES string of the molecule is O=S(=O)(Cc1ccccc1)NCCCCN1CCOCC1. The van der Waals surface area contributed by atoms with Crippen LogP contribution in [0, 0.1) is 0 Å². The van der Waals surface area contributed by atoms with E-state index in [-0.39, 0.29) is 5.75 Å². The average molecular weight is 312 g/mol. The van der Waals surface area contributed by atoms with Gasteiger partial charge in [0, 0.05) is 19.6 Å². The monoisotopic (exact) mass is 312 g/mol. The summed E-state index contributed by atoms with van der Waals surface area (Å²) in [5, 5.41) is 0. The van der Waals surface area contributed by atoms with Gasteiger partial charge in [0.05, 0.1) is 19.0 Å². The van der Waals surface area contributed by atoms with Gasteiger partial charge in [-0.1, -0.05) is 30.3 Å². The van der Waals surface area contributed by atoms with E-state index in [0.717, 1.165) is 51.3 Å². The Morgan fingerprint density at radius 2 is 1.81 bits per heavy atom. The summed E-state index contributed by atoms with van der Waals surface area (Å²) in [5.74, 6) is 0.0529. The largest absolute Gasteiger partial charge is 0.379 e. The normalized spacial score (nSPS) is 17.0. The molecule has 21 heavy (non-hydrogen) atoms. The molecule has 0 bridgehead atoms. The van der Waals surface area contributed by atoms with E-state index in [4.69, 9.17) is 4.74 Å². The molecule has 0 spiro atoms. The second-order valence-electron chi connectivity index (χ2n) is 5.30. The van der Waals surface area contributed by atoms with Gasteiger partial charge in [0.15, 0.2) is 0 Å². The van der Waals surface area contributed by atoms with Crippen LogP contribution in [0.4, 0.5) is 0 Å². The van der Waals surface area contributed by atoms with Crippen LogP contribution < -0.4 is 4.72 Å². The molecule has 1 aromatic rings. The van der Waals surface area contributed by atoms with Gasteiger partial charge in [0.25, 0.3) is 0 Å². The topological polar surface area (TPSA) is 58.6 Å². The summed E-state index contributed by atoms with van der Waals surface area (Å²) >= 11 is 0. The van der Waals surface area contributed by atoms with E-state index in [9.17, 15) is 8.42 Å². The summed E-state index contributed by atoms with van der Waals surface area (Å²) in [6.07, 6.45) is 1.87. The molecule has 0 aliphatic carbocycles. The Bertz CT molecular complexity index is 499. The maximum atomic E-state index is 11.9. The van der Waals surface area contributed by atoms with Crippen LogP contribution in [0.5, 0.6) is 0 Å². The van der Waals surface area contributed by atoms with Crippen molar-refractivity contribution in [3.63, 3.8) is 0 Å². The molecule has 0 atom stereocenters. The van der Waals surface area contributed by atoms with Crippen molar-refractivity contribution in [2.45, 2.75) is 18.6 Å². The lowest BCUT2D eigenvalue weighted by atomic mass is 10.2. The summed E-state index contributed by atoms with van der Waals surface area (Å²) in [6, 6.07) is 9.25. The molecule has 0 unspecified atom stereocenters. The van der Waals surface area contributed by atoms with Crippen LogP contribution in [0.15, 0.2) is 30.3 Å². The Labute approximate surface area is 127 Å². The molecular formula is C15H24N2O3S. The van der Waals surface area contributed by atoms with Gasteiger partial charge in [-0.15, -0.1) is 0 Å². The lowest BCUT2D eigenvalue weighted by molar-refractivity contribution is 0.0372. The summed E-state index contributed by atoms with van der Waals surface area (Å²) < 4.78 is 31.8. The number of ether oxygens (including phenoxy) is 1. The molecule has 1 aromatic carbocycles. The lowest BCUT2D eigenvalue weighted by Gasteiger charge is -2.26. The minimum atomic E-state index is -3.22. The molecule has 118 valence electrons. The highest BCUT2D eigenvalue weighted by Gasteiger charge is 2.11. The van der Waals surface area contributed by atoms with Crippen molar-refractivity contribution in [2.24, 2.45) is 0 Å². The molecule has 2 rings (SSSR count). The van der Waals surface area contributed by atoms with Gasteiger partial charge in [-0.3, -0.25) is 4.90 Å². The Hall–Kier alpha value is -0.950. The van der Waals surface area contributed by atoms with E-state index in [1.165, 1.54) is 0 Å². The van der Waals surface area contributed by atoms with Crippen molar-refractivity contribution >= 4 is 10.0 Å². The number of unbranched alkanes of at least 4 members (excludes halogenated alkanes) is 1. The second-order valence-corrected chi connectivity index (χ2v) is 7.11. The maximum Gasteiger partial charge on any atom is 0.215 e. The zero-order valence-corrected chi connectivity index (χ0v) is 13.1. The smallest absolute Gasteiger partial charge is 0.215 e. The molecular weight excluding hydrogens is 288 g/mol. The van der Waals surface area contributed by atoms with Crippen LogP contribution >= 0.6 is 0 Å². The third-order valence-electron chi connectivity index (χ3n) is 3.53. The zero-order chi connectivity index (χ0) is 15.0. The van der Waals surface area contributed by atoms with Crippen molar-refractivity contribution in [2.75, 3.05) is 39.4 Å². The Kier molecular flexibility index (Phi) is 6.63. The highest BCUT2D eigenvalue weighted by atomic mass is 32.2. The number of morpholine rings is 1. The van der Waals surface area contributed by atoms with E-state index in [2.05, 4.69) is 9.62 Å². The van der Waals surface area contributed by atoms with Crippen LogP contribution in [-0.2, 0) is 20.5 Å². The Morgan fingerprint density at radius 1 is 1.10 bits per heavy atom. The summed E-state index contributed by atoms with van der Waals surface area (Å²) in [4.78, 5) is 2.36. The maximum absolute atomic E-state index is 11.9. The number of hydrogen-bond acceptors (Lipinski definition) is 4. The Morgan fingerprint density at radius 3 is 2.52 bits per heavy atom. The van der Waals surface area contributed by atoms with Crippen molar-refractivity contribution in [3.05, 3.63) is 35.9 Å². The van der Waals surface area contributed by atoms with Crippen LogP contribution in [0.25, 0.3) is 0 Å². The third kappa shape index (κ3) is 6.56. The predicted molar refractivity (Wildman–Crippen MR) is 83.6 cm³/mol. The average Bonchev–Trinajstić information content (AvgIpc) is 2.48. The number of nitrogens with one attached hydrogen (secondary N) is 1. The fourth-order valence-electron chi connectivity index (χ4n) is 2.36. The van der Waals surface area contributed by atoms with Crippen LogP contribution in [-0.4, -0.2) is 52.7 Å². The summed E-state index contributed by atoms with van der Waals surface area (Å²) in [5.41, 5.74) is 0.818. The molecule has 0 aromatic heterocycles. The highest BCUT2D eigenvalue weighted by molar-refractivity contribution is 7.88. The molecule has 1 fully saturated rings. The van der Waals surface area contributed by atoms with E-state index in [0.29, 0.717) is 6.54 Å². The predicted octanol–water partition coefficient (Wildman–Crippen LogP) is 1.22. The number of nitrogens with zero attached hydrogens (tertiary/aromatic N) is 1. The van der Waals surface area contributed by atoms with Gasteiger partial charge < -0.3 is 4.74 Å². The molecule has 0 saturated carbocycles. The number of hydrogen-bond donors (Lipinski definition) is 1. The third-order valence-corrected chi connectivity index (χ3v) is 4.88. The molecule has 1 saturated heterocycles. The molecule has 0 radical (unpaired) electrons. The van der Waals surface area contributed by atoms with Crippen LogP contribution in [0.1, 0.15) is 18.4 Å². The zero-order valence-electron chi connectivity index (χ0n) is 12.3. The van der Waals surface area contributed by atoms with Gasteiger partial charge in [-0.2, -0.15) is 0 Å². The minimum absolute atomic E-state index is 0.0529. The number of sulfonamides is 1. The minimum Gasteiger partial charge on any atom is -0.379 e. The standard InChI is InChI=1S/C15H24N2O3S/c18-21(19,14-15-6-2-1-3-7-15)16-8-4-5-9-17-10-12-20-13-11-17/h1-3,6-7,16H,4-5,8-14H2. The fraction of sp³-hybridized carbons (Fsp3) is 0.600. The van der Waals surface area contributed by atoms with Crippen molar-refractivity contribution in [3.8, 4) is 0 Å².